The molecule has 0 saturated heterocycles. The van der Waals surface area contributed by atoms with Crippen LogP contribution in [0, 0.1) is 0 Å². The number of oxime groups is 1. The van der Waals surface area contributed by atoms with Crippen molar-refractivity contribution in [2.75, 3.05) is 11.9 Å². The molecule has 1 amide bonds. The van der Waals surface area contributed by atoms with E-state index in [2.05, 4.69) is 14.8 Å². The molecule has 126 valence electrons. The van der Waals surface area contributed by atoms with Gasteiger partial charge in [-0.3, -0.25) is 9.35 Å². The predicted octanol–water partition coefficient (Wildman–Crippen LogP) is 1.93. The number of nitrogens with zero attached hydrogens (tertiary/aromatic N) is 1. The summed E-state index contributed by atoms with van der Waals surface area (Å²) in [6.45, 7) is 2.07. The Bertz CT molecular complexity index is 714. The molecule has 0 saturated carbocycles. The minimum Gasteiger partial charge on any atom is -0.493 e. The van der Waals surface area contributed by atoms with Crippen LogP contribution in [0.15, 0.2) is 23.4 Å². The molecule has 1 aliphatic heterocycles. The lowest BCUT2D eigenvalue weighted by Crippen LogP contribution is -2.18. The minimum atomic E-state index is -4.58. The molecular formula is C14H18N2O6S. The third-order valence-corrected chi connectivity index (χ3v) is 3.56. The number of ether oxygens (including phenoxy) is 1. The lowest BCUT2D eigenvalue weighted by molar-refractivity contribution is -0.116. The van der Waals surface area contributed by atoms with Crippen LogP contribution in [-0.4, -0.2) is 31.2 Å². The highest BCUT2D eigenvalue weighted by Gasteiger charge is 2.15. The zero-order valence-corrected chi connectivity index (χ0v) is 13.4. The van der Waals surface area contributed by atoms with Crippen molar-refractivity contribution < 1.29 is 26.8 Å². The molecule has 9 heteroatoms. The smallest absolute Gasteiger partial charge is 0.466 e. The van der Waals surface area contributed by atoms with Gasteiger partial charge in [-0.25, -0.2) is 4.28 Å². The quantitative estimate of drug-likeness (QED) is 0.444. The number of hydrogen-bond acceptors (Lipinski definition) is 6. The summed E-state index contributed by atoms with van der Waals surface area (Å²) in [6.07, 6.45) is 1.95. The Morgan fingerprint density at radius 3 is 2.87 bits per heavy atom. The second-order valence-electron chi connectivity index (χ2n) is 4.98. The van der Waals surface area contributed by atoms with Crippen LogP contribution in [0.1, 0.15) is 31.7 Å². The first-order valence-electron chi connectivity index (χ1n) is 7.15. The summed E-state index contributed by atoms with van der Waals surface area (Å²) < 4.78 is 39.0. The topological polar surface area (TPSA) is 114 Å². The Labute approximate surface area is 134 Å². The maximum atomic E-state index is 11.3. The van der Waals surface area contributed by atoms with Crippen molar-refractivity contribution in [1.29, 1.82) is 0 Å². The van der Waals surface area contributed by atoms with Crippen LogP contribution < -0.4 is 10.1 Å². The van der Waals surface area contributed by atoms with Gasteiger partial charge in [0.15, 0.2) is 0 Å². The van der Waals surface area contributed by atoms with Gasteiger partial charge in [0.25, 0.3) is 0 Å². The Morgan fingerprint density at radius 2 is 2.17 bits per heavy atom. The summed E-state index contributed by atoms with van der Waals surface area (Å²) in [5.41, 5.74) is 2.26. The fraction of sp³-hybridized carbons (Fsp3) is 0.429. The third kappa shape index (κ3) is 5.53. The van der Waals surface area contributed by atoms with E-state index in [4.69, 9.17) is 9.29 Å². The van der Waals surface area contributed by atoms with Gasteiger partial charge in [-0.15, -0.1) is 0 Å². The van der Waals surface area contributed by atoms with Gasteiger partial charge < -0.3 is 10.1 Å². The summed E-state index contributed by atoms with van der Waals surface area (Å²) in [6, 6.07) is 5.41. The second kappa shape index (κ2) is 7.42. The van der Waals surface area contributed by atoms with E-state index >= 15 is 0 Å². The molecule has 0 atom stereocenters. The number of nitrogens with one attached hydrogen (secondary N) is 1. The van der Waals surface area contributed by atoms with Crippen LogP contribution in [0.3, 0.4) is 0 Å². The van der Waals surface area contributed by atoms with Gasteiger partial charge in [0.1, 0.15) is 5.75 Å². The lowest BCUT2D eigenvalue weighted by atomic mass is 10.0. The van der Waals surface area contributed by atoms with Gasteiger partial charge in [0.05, 0.1) is 12.3 Å². The Morgan fingerprint density at radius 1 is 1.39 bits per heavy atom. The highest BCUT2D eigenvalue weighted by molar-refractivity contribution is 7.80. The Kier molecular flexibility index (Phi) is 5.56. The number of carbonyl (C=O) groups excluding carboxylic acids is 1. The van der Waals surface area contributed by atoms with Gasteiger partial charge >= 0.3 is 10.4 Å². The Balaban J connectivity index is 1.89. The first-order valence-corrected chi connectivity index (χ1v) is 8.51. The summed E-state index contributed by atoms with van der Waals surface area (Å²) in [4.78, 5) is 11.3. The molecule has 0 unspecified atom stereocenters. The van der Waals surface area contributed by atoms with Gasteiger partial charge in [0, 0.05) is 18.5 Å². The first kappa shape index (κ1) is 17.2. The highest BCUT2D eigenvalue weighted by atomic mass is 32.3. The van der Waals surface area contributed by atoms with Crippen LogP contribution >= 0.6 is 0 Å². The van der Waals surface area contributed by atoms with E-state index in [1.165, 1.54) is 0 Å². The molecule has 1 aliphatic rings. The van der Waals surface area contributed by atoms with Gasteiger partial charge in [-0.1, -0.05) is 12.1 Å². The molecule has 2 N–H and O–H groups in total. The molecule has 0 aliphatic carbocycles. The Hall–Kier alpha value is -2.13. The van der Waals surface area contributed by atoms with Crippen LogP contribution in [0.2, 0.25) is 0 Å². The maximum Gasteiger partial charge on any atom is 0.466 e. The number of anilines is 1. The molecule has 0 fully saturated rings. The third-order valence-electron chi connectivity index (χ3n) is 3.30. The molecule has 0 aromatic heterocycles. The van der Waals surface area contributed by atoms with E-state index in [1.54, 1.807) is 19.1 Å². The van der Waals surface area contributed by atoms with Crippen molar-refractivity contribution in [2.24, 2.45) is 5.16 Å². The molecule has 8 nitrogen and oxygen atoms in total. The SMILES string of the molecule is CCC(CCOc1ccc2c(c1)CCC(=O)N2)=NOS(=O)(=O)O. The van der Waals surface area contributed by atoms with Crippen LogP contribution in [0.25, 0.3) is 0 Å². The molecule has 0 bridgehead atoms. The molecule has 0 spiro atoms. The average molecular weight is 342 g/mol. The molecule has 1 aromatic carbocycles. The largest absolute Gasteiger partial charge is 0.493 e. The van der Waals surface area contributed by atoms with Gasteiger partial charge in [-0.2, -0.15) is 8.42 Å². The van der Waals surface area contributed by atoms with E-state index in [0.29, 0.717) is 37.1 Å². The standard InChI is InChI=1S/C14H18N2O6S/c1-2-11(16-22-23(18,19)20)7-8-21-12-4-5-13-10(9-12)3-6-14(17)15-13/h4-5,9H,2-3,6-8H2,1H3,(H,15,17)(H,18,19,20). The fourth-order valence-electron chi connectivity index (χ4n) is 2.12. The molecule has 2 rings (SSSR count). The monoisotopic (exact) mass is 342 g/mol. The first-order chi connectivity index (χ1) is 10.9. The zero-order valence-electron chi connectivity index (χ0n) is 12.6. The predicted molar refractivity (Wildman–Crippen MR) is 83.9 cm³/mol. The molecule has 0 radical (unpaired) electrons. The van der Waals surface area contributed by atoms with Crippen LogP contribution in [-0.2, 0) is 25.9 Å². The number of amides is 1. The number of aryl methyl sites for hydroxylation is 1. The number of hydrogen-bond donors (Lipinski definition) is 2. The normalized spacial score (nSPS) is 14.9. The second-order valence-corrected chi connectivity index (χ2v) is 5.98. The zero-order chi connectivity index (χ0) is 16.9. The summed E-state index contributed by atoms with van der Waals surface area (Å²) in [7, 11) is -4.58. The average Bonchev–Trinajstić information content (AvgIpc) is 2.49. The number of fused-ring (bicyclic) bond motifs is 1. The van der Waals surface area contributed by atoms with Crippen molar-refractivity contribution >= 4 is 27.7 Å². The van der Waals surface area contributed by atoms with E-state index in [1.807, 2.05) is 6.07 Å². The maximum absolute atomic E-state index is 11.3. The molecule has 1 heterocycles. The van der Waals surface area contributed by atoms with Gasteiger partial charge in [0.2, 0.25) is 5.91 Å². The summed E-state index contributed by atoms with van der Waals surface area (Å²) in [5.74, 6) is 0.667. The molecule has 1 aromatic rings. The number of carbonyl (C=O) groups is 1. The number of rotatable bonds is 7. The van der Waals surface area contributed by atoms with Crippen molar-refractivity contribution in [3.05, 3.63) is 23.8 Å². The van der Waals surface area contributed by atoms with E-state index < -0.39 is 10.4 Å². The van der Waals surface area contributed by atoms with E-state index in [0.717, 1.165) is 11.3 Å². The van der Waals surface area contributed by atoms with Crippen molar-refractivity contribution in [2.45, 2.75) is 32.6 Å². The molecular weight excluding hydrogens is 324 g/mol. The van der Waals surface area contributed by atoms with Gasteiger partial charge in [-0.05, 0) is 36.6 Å². The number of benzene rings is 1. The van der Waals surface area contributed by atoms with Crippen molar-refractivity contribution in [3.8, 4) is 5.75 Å². The van der Waals surface area contributed by atoms with Crippen LogP contribution in [0.4, 0.5) is 5.69 Å². The summed E-state index contributed by atoms with van der Waals surface area (Å²) >= 11 is 0. The van der Waals surface area contributed by atoms with E-state index in [9.17, 15) is 13.2 Å². The minimum absolute atomic E-state index is 0.00815. The fourth-order valence-corrected chi connectivity index (χ4v) is 2.32. The van der Waals surface area contributed by atoms with Crippen molar-refractivity contribution in [1.82, 2.24) is 0 Å². The lowest BCUT2D eigenvalue weighted by Gasteiger charge is -2.17. The van der Waals surface area contributed by atoms with Crippen molar-refractivity contribution in [3.63, 3.8) is 0 Å². The molecule has 23 heavy (non-hydrogen) atoms. The highest BCUT2D eigenvalue weighted by Crippen LogP contribution is 2.26. The van der Waals surface area contributed by atoms with E-state index in [-0.39, 0.29) is 12.5 Å². The van der Waals surface area contributed by atoms with Crippen LogP contribution in [0.5, 0.6) is 5.75 Å². The summed E-state index contributed by atoms with van der Waals surface area (Å²) in [5, 5.41) is 6.17.